The summed E-state index contributed by atoms with van der Waals surface area (Å²) < 4.78 is 5.74. The molecule has 2 heterocycles. The van der Waals surface area contributed by atoms with Crippen LogP contribution in [0, 0.1) is 0 Å². The summed E-state index contributed by atoms with van der Waals surface area (Å²) in [5.41, 5.74) is 1.30. The summed E-state index contributed by atoms with van der Waals surface area (Å²) in [6.07, 6.45) is 4.47. The van der Waals surface area contributed by atoms with Crippen LogP contribution in [0.3, 0.4) is 0 Å². The van der Waals surface area contributed by atoms with Gasteiger partial charge >= 0.3 is 0 Å². The normalized spacial score (nSPS) is 15.2. The van der Waals surface area contributed by atoms with Crippen LogP contribution in [0.15, 0.2) is 34.3 Å². The van der Waals surface area contributed by atoms with Gasteiger partial charge in [0.15, 0.2) is 0 Å². The lowest BCUT2D eigenvalue weighted by atomic mass is 10.2. The summed E-state index contributed by atoms with van der Waals surface area (Å²) in [6.45, 7) is 7.30. The highest BCUT2D eigenvalue weighted by molar-refractivity contribution is 7.09. The van der Waals surface area contributed by atoms with Crippen molar-refractivity contribution in [3.63, 3.8) is 0 Å². The lowest BCUT2D eigenvalue weighted by molar-refractivity contribution is 0.188. The van der Waals surface area contributed by atoms with E-state index in [9.17, 15) is 0 Å². The second-order valence-corrected chi connectivity index (χ2v) is 7.13. The van der Waals surface area contributed by atoms with Gasteiger partial charge in [0.2, 0.25) is 0 Å². The summed E-state index contributed by atoms with van der Waals surface area (Å²) in [5, 5.41) is 5.72. The molecule has 0 amide bonds. The van der Waals surface area contributed by atoms with Gasteiger partial charge in [-0.2, -0.15) is 0 Å². The van der Waals surface area contributed by atoms with Crippen LogP contribution >= 0.6 is 11.3 Å². The van der Waals surface area contributed by atoms with Gasteiger partial charge in [-0.15, -0.1) is 11.3 Å². The van der Waals surface area contributed by atoms with Crippen LogP contribution in [-0.4, -0.2) is 17.0 Å². The Hall–Kier alpha value is -1.10. The molecule has 4 heteroatoms. The van der Waals surface area contributed by atoms with Crippen LogP contribution in [0.5, 0.6) is 0 Å². The topological polar surface area (TPSA) is 28.4 Å². The molecule has 21 heavy (non-hydrogen) atoms. The molecule has 1 aliphatic rings. The SMILES string of the molecule is CC(C)N(Cc1cccs1)Cc1occc1CNC1CC1. The van der Waals surface area contributed by atoms with Crippen molar-refractivity contribution in [2.24, 2.45) is 0 Å². The molecule has 0 aliphatic heterocycles. The van der Waals surface area contributed by atoms with Gasteiger partial charge in [0.25, 0.3) is 0 Å². The second-order valence-electron chi connectivity index (χ2n) is 6.10. The quantitative estimate of drug-likeness (QED) is 0.799. The number of rotatable bonds is 8. The third-order valence-electron chi connectivity index (χ3n) is 4.01. The van der Waals surface area contributed by atoms with Gasteiger partial charge < -0.3 is 9.73 Å². The molecule has 2 aromatic rings. The maximum absolute atomic E-state index is 5.74. The van der Waals surface area contributed by atoms with Crippen LogP contribution in [0.4, 0.5) is 0 Å². The number of nitrogens with zero attached hydrogens (tertiary/aromatic N) is 1. The summed E-state index contributed by atoms with van der Waals surface area (Å²) in [6, 6.07) is 7.67. The van der Waals surface area contributed by atoms with Gasteiger partial charge in [0.05, 0.1) is 12.8 Å². The van der Waals surface area contributed by atoms with E-state index in [0.717, 1.165) is 31.4 Å². The zero-order chi connectivity index (χ0) is 14.7. The van der Waals surface area contributed by atoms with E-state index in [1.807, 2.05) is 17.6 Å². The van der Waals surface area contributed by atoms with E-state index in [4.69, 9.17) is 4.42 Å². The summed E-state index contributed by atoms with van der Waals surface area (Å²) in [5.74, 6) is 1.11. The minimum absolute atomic E-state index is 0.501. The molecule has 0 aromatic carbocycles. The fraction of sp³-hybridized carbons (Fsp3) is 0.529. The molecule has 0 unspecified atom stereocenters. The summed E-state index contributed by atoms with van der Waals surface area (Å²) in [4.78, 5) is 3.87. The molecule has 2 aromatic heterocycles. The van der Waals surface area contributed by atoms with E-state index < -0.39 is 0 Å². The summed E-state index contributed by atoms with van der Waals surface area (Å²) >= 11 is 1.82. The third kappa shape index (κ3) is 4.19. The minimum atomic E-state index is 0.501. The molecule has 3 rings (SSSR count). The number of thiophene rings is 1. The average Bonchev–Trinajstić information content (AvgIpc) is 2.97. The van der Waals surface area contributed by atoms with Crippen LogP contribution in [0.1, 0.15) is 42.9 Å². The van der Waals surface area contributed by atoms with Crippen LogP contribution in [-0.2, 0) is 19.6 Å². The average molecular weight is 304 g/mol. The first-order chi connectivity index (χ1) is 10.2. The zero-order valence-corrected chi connectivity index (χ0v) is 13.7. The van der Waals surface area contributed by atoms with E-state index >= 15 is 0 Å². The monoisotopic (exact) mass is 304 g/mol. The predicted octanol–water partition coefficient (Wildman–Crippen LogP) is 4.00. The maximum atomic E-state index is 5.74. The molecule has 1 aliphatic carbocycles. The van der Waals surface area contributed by atoms with E-state index in [2.05, 4.69) is 47.6 Å². The highest BCUT2D eigenvalue weighted by Crippen LogP contribution is 2.22. The van der Waals surface area contributed by atoms with Crippen molar-refractivity contribution in [1.29, 1.82) is 0 Å². The standard InChI is InChI=1S/C17H24N2OS/c1-13(2)19(11-16-4-3-9-21-16)12-17-14(7-8-20-17)10-18-15-5-6-15/h3-4,7-9,13,15,18H,5-6,10-12H2,1-2H3. The van der Waals surface area contributed by atoms with Crippen LogP contribution in [0.25, 0.3) is 0 Å². The second kappa shape index (κ2) is 6.77. The Morgan fingerprint density at radius 2 is 2.19 bits per heavy atom. The van der Waals surface area contributed by atoms with Crippen molar-refractivity contribution in [1.82, 2.24) is 10.2 Å². The Balaban J connectivity index is 1.63. The van der Waals surface area contributed by atoms with Gasteiger partial charge in [-0.3, -0.25) is 4.90 Å². The molecule has 0 spiro atoms. The molecular formula is C17H24N2OS. The van der Waals surface area contributed by atoms with Crippen molar-refractivity contribution < 1.29 is 4.42 Å². The Labute approximate surface area is 131 Å². The Morgan fingerprint density at radius 3 is 2.86 bits per heavy atom. The Bertz CT molecular complexity index is 543. The first kappa shape index (κ1) is 14.8. The van der Waals surface area contributed by atoms with Gasteiger partial charge in [-0.25, -0.2) is 0 Å². The molecule has 1 N–H and O–H groups in total. The van der Waals surface area contributed by atoms with E-state index in [1.54, 1.807) is 0 Å². The highest BCUT2D eigenvalue weighted by Gasteiger charge is 2.21. The first-order valence-corrected chi connectivity index (χ1v) is 8.65. The van der Waals surface area contributed by atoms with Crippen molar-refractivity contribution in [3.8, 4) is 0 Å². The van der Waals surface area contributed by atoms with Crippen molar-refractivity contribution >= 4 is 11.3 Å². The molecule has 0 saturated heterocycles. The fourth-order valence-corrected chi connectivity index (χ4v) is 3.14. The van der Waals surface area contributed by atoms with E-state index in [1.165, 1.54) is 23.3 Å². The number of hydrogen-bond acceptors (Lipinski definition) is 4. The van der Waals surface area contributed by atoms with Gasteiger partial charge in [-0.1, -0.05) is 6.07 Å². The van der Waals surface area contributed by atoms with Crippen molar-refractivity contribution in [3.05, 3.63) is 46.0 Å². The summed E-state index contributed by atoms with van der Waals surface area (Å²) in [7, 11) is 0. The number of hydrogen-bond donors (Lipinski definition) is 1. The van der Waals surface area contributed by atoms with Gasteiger partial charge in [0, 0.05) is 35.6 Å². The highest BCUT2D eigenvalue weighted by atomic mass is 32.1. The van der Waals surface area contributed by atoms with Crippen molar-refractivity contribution in [2.75, 3.05) is 0 Å². The van der Waals surface area contributed by atoms with Crippen molar-refractivity contribution in [2.45, 2.75) is 58.4 Å². The molecule has 0 radical (unpaired) electrons. The third-order valence-corrected chi connectivity index (χ3v) is 4.87. The lowest BCUT2D eigenvalue weighted by Crippen LogP contribution is -2.30. The largest absolute Gasteiger partial charge is 0.468 e. The van der Waals surface area contributed by atoms with E-state index in [-0.39, 0.29) is 0 Å². The Morgan fingerprint density at radius 1 is 1.33 bits per heavy atom. The molecule has 0 atom stereocenters. The molecular weight excluding hydrogens is 280 g/mol. The fourth-order valence-electron chi connectivity index (χ4n) is 2.41. The number of nitrogens with one attached hydrogen (secondary N) is 1. The zero-order valence-electron chi connectivity index (χ0n) is 12.8. The van der Waals surface area contributed by atoms with Gasteiger partial charge in [-0.05, 0) is 44.2 Å². The maximum Gasteiger partial charge on any atom is 0.122 e. The van der Waals surface area contributed by atoms with Crippen LogP contribution in [0.2, 0.25) is 0 Å². The Kier molecular flexibility index (Phi) is 4.78. The molecule has 114 valence electrons. The first-order valence-electron chi connectivity index (χ1n) is 7.77. The number of furan rings is 1. The molecule has 1 fully saturated rings. The van der Waals surface area contributed by atoms with Gasteiger partial charge in [0.1, 0.15) is 5.76 Å². The smallest absolute Gasteiger partial charge is 0.122 e. The lowest BCUT2D eigenvalue weighted by Gasteiger charge is -2.25. The predicted molar refractivity (Wildman–Crippen MR) is 87.3 cm³/mol. The minimum Gasteiger partial charge on any atom is -0.468 e. The molecule has 1 saturated carbocycles. The molecule has 0 bridgehead atoms. The van der Waals surface area contributed by atoms with Crippen LogP contribution < -0.4 is 5.32 Å². The van der Waals surface area contributed by atoms with E-state index in [0.29, 0.717) is 6.04 Å². The molecule has 3 nitrogen and oxygen atoms in total.